The summed E-state index contributed by atoms with van der Waals surface area (Å²) in [5.41, 5.74) is 2.82. The average molecular weight is 336 g/mol. The third-order valence-electron chi connectivity index (χ3n) is 4.32. The number of carboxylic acid groups (broad SMARTS) is 1. The average Bonchev–Trinajstić information content (AvgIpc) is 2.63. The van der Waals surface area contributed by atoms with Crippen LogP contribution in [0.15, 0.2) is 54.6 Å². The number of rotatable bonds is 6. The first-order valence-corrected chi connectivity index (χ1v) is 8.15. The minimum absolute atomic E-state index is 0.00942. The monoisotopic (exact) mass is 336 g/mol. The number of ether oxygens (including phenoxy) is 1. The molecule has 25 heavy (non-hydrogen) atoms. The molecule has 0 amide bonds. The van der Waals surface area contributed by atoms with Crippen LogP contribution in [0.25, 0.3) is 10.8 Å². The van der Waals surface area contributed by atoms with Gasteiger partial charge in [-0.1, -0.05) is 42.5 Å². The van der Waals surface area contributed by atoms with E-state index in [1.807, 2.05) is 54.6 Å². The predicted molar refractivity (Wildman–Crippen MR) is 97.4 cm³/mol. The van der Waals surface area contributed by atoms with Crippen LogP contribution in [0.3, 0.4) is 0 Å². The Kier molecular flexibility index (Phi) is 4.89. The number of aromatic hydroxyl groups is 1. The van der Waals surface area contributed by atoms with Gasteiger partial charge in [0, 0.05) is 11.8 Å². The molecule has 0 atom stereocenters. The van der Waals surface area contributed by atoms with Crippen molar-refractivity contribution in [3.05, 3.63) is 71.3 Å². The van der Waals surface area contributed by atoms with Gasteiger partial charge in [-0.25, -0.2) is 0 Å². The molecule has 3 aromatic carbocycles. The van der Waals surface area contributed by atoms with Crippen molar-refractivity contribution in [3.8, 4) is 11.5 Å². The highest BCUT2D eigenvalue weighted by Gasteiger charge is 2.13. The normalized spacial score (nSPS) is 10.8. The largest absolute Gasteiger partial charge is 0.507 e. The summed E-state index contributed by atoms with van der Waals surface area (Å²) in [6.45, 7) is 0. The number of aliphatic carboxylic acids is 1. The topological polar surface area (TPSA) is 66.8 Å². The molecule has 0 saturated heterocycles. The number of methoxy groups -OCH3 is 1. The van der Waals surface area contributed by atoms with Crippen molar-refractivity contribution in [3.63, 3.8) is 0 Å². The number of fused-ring (bicyclic) bond motifs is 1. The summed E-state index contributed by atoms with van der Waals surface area (Å²) in [7, 11) is 1.64. The van der Waals surface area contributed by atoms with E-state index in [-0.39, 0.29) is 12.2 Å². The van der Waals surface area contributed by atoms with Gasteiger partial charge in [0.25, 0.3) is 0 Å². The van der Waals surface area contributed by atoms with Crippen LogP contribution in [0.1, 0.15) is 23.1 Å². The fraction of sp³-hybridized carbons (Fsp3) is 0.190. The maximum atomic E-state index is 10.9. The van der Waals surface area contributed by atoms with Crippen LogP contribution in [0, 0.1) is 0 Å². The van der Waals surface area contributed by atoms with Crippen LogP contribution in [0.4, 0.5) is 0 Å². The first kappa shape index (κ1) is 16.8. The number of benzene rings is 3. The number of phenols is 1. The molecule has 0 aliphatic rings. The molecule has 0 unspecified atom stereocenters. The van der Waals surface area contributed by atoms with Crippen LogP contribution in [0.5, 0.6) is 11.5 Å². The number of carboxylic acids is 1. The molecule has 0 aliphatic heterocycles. The Morgan fingerprint density at radius 1 is 1.00 bits per heavy atom. The number of carbonyl (C=O) groups is 1. The highest BCUT2D eigenvalue weighted by Crippen LogP contribution is 2.33. The van der Waals surface area contributed by atoms with Gasteiger partial charge in [-0.3, -0.25) is 4.79 Å². The smallest absolute Gasteiger partial charge is 0.303 e. The van der Waals surface area contributed by atoms with Gasteiger partial charge in [-0.2, -0.15) is 0 Å². The van der Waals surface area contributed by atoms with Crippen molar-refractivity contribution in [2.45, 2.75) is 19.3 Å². The third kappa shape index (κ3) is 3.74. The van der Waals surface area contributed by atoms with E-state index in [0.29, 0.717) is 18.4 Å². The van der Waals surface area contributed by atoms with E-state index in [9.17, 15) is 9.90 Å². The van der Waals surface area contributed by atoms with E-state index < -0.39 is 5.97 Å². The van der Waals surface area contributed by atoms with Crippen molar-refractivity contribution >= 4 is 16.7 Å². The molecule has 2 N–H and O–H groups in total. The van der Waals surface area contributed by atoms with Crippen LogP contribution < -0.4 is 4.74 Å². The van der Waals surface area contributed by atoms with Gasteiger partial charge >= 0.3 is 5.97 Å². The minimum atomic E-state index is -0.873. The zero-order valence-electron chi connectivity index (χ0n) is 14.0. The lowest BCUT2D eigenvalue weighted by Gasteiger charge is -2.13. The van der Waals surface area contributed by atoms with Gasteiger partial charge in [-0.05, 0) is 47.1 Å². The number of phenolic OH excluding ortho intramolecular Hbond substituents is 1. The Bertz CT molecular complexity index is 915. The van der Waals surface area contributed by atoms with Gasteiger partial charge in [0.15, 0.2) is 0 Å². The molecule has 0 radical (unpaired) electrons. The number of hydrogen-bond acceptors (Lipinski definition) is 3. The second kappa shape index (κ2) is 7.26. The highest BCUT2D eigenvalue weighted by molar-refractivity contribution is 5.92. The van der Waals surface area contributed by atoms with Gasteiger partial charge in [0.2, 0.25) is 0 Å². The summed E-state index contributed by atoms with van der Waals surface area (Å²) in [5, 5.41) is 21.2. The summed E-state index contributed by atoms with van der Waals surface area (Å²) >= 11 is 0. The fourth-order valence-corrected chi connectivity index (χ4v) is 3.08. The van der Waals surface area contributed by atoms with Gasteiger partial charge < -0.3 is 14.9 Å². The predicted octanol–water partition coefficient (Wildman–Crippen LogP) is 4.16. The highest BCUT2D eigenvalue weighted by atomic mass is 16.5. The quantitative estimate of drug-likeness (QED) is 0.709. The summed E-state index contributed by atoms with van der Waals surface area (Å²) in [4.78, 5) is 10.9. The Balaban J connectivity index is 2.05. The lowest BCUT2D eigenvalue weighted by atomic mass is 9.93. The van der Waals surface area contributed by atoms with Crippen molar-refractivity contribution in [2.75, 3.05) is 7.11 Å². The number of aryl methyl sites for hydroxylation is 1. The first-order valence-electron chi connectivity index (χ1n) is 8.15. The molecule has 0 saturated carbocycles. The van der Waals surface area contributed by atoms with E-state index in [0.717, 1.165) is 27.6 Å². The van der Waals surface area contributed by atoms with Gasteiger partial charge in [0.1, 0.15) is 11.5 Å². The third-order valence-corrected chi connectivity index (χ3v) is 4.32. The molecule has 3 aromatic rings. The van der Waals surface area contributed by atoms with E-state index in [2.05, 4.69) is 0 Å². The molecule has 4 heteroatoms. The zero-order valence-corrected chi connectivity index (χ0v) is 14.0. The molecule has 3 rings (SSSR count). The van der Waals surface area contributed by atoms with Crippen molar-refractivity contribution in [1.29, 1.82) is 0 Å². The number of hydrogen-bond donors (Lipinski definition) is 2. The molecular formula is C21H20O4. The van der Waals surface area contributed by atoms with E-state index >= 15 is 0 Å². The maximum Gasteiger partial charge on any atom is 0.303 e. The Labute approximate surface area is 146 Å². The second-order valence-corrected chi connectivity index (χ2v) is 6.01. The first-order chi connectivity index (χ1) is 12.1. The molecule has 0 aromatic heterocycles. The molecule has 4 nitrogen and oxygen atoms in total. The van der Waals surface area contributed by atoms with Crippen molar-refractivity contribution in [2.24, 2.45) is 0 Å². The summed E-state index contributed by atoms with van der Waals surface area (Å²) in [5.74, 6) is 0.0971. The van der Waals surface area contributed by atoms with Crippen molar-refractivity contribution < 1.29 is 19.7 Å². The SMILES string of the molecule is COc1cccc(Cc2cc(CCC(=O)O)c(O)c3ccccc23)c1. The lowest BCUT2D eigenvalue weighted by molar-refractivity contribution is -0.136. The Hall–Kier alpha value is -3.01. The minimum Gasteiger partial charge on any atom is -0.507 e. The molecule has 0 heterocycles. The maximum absolute atomic E-state index is 10.9. The van der Waals surface area contributed by atoms with Gasteiger partial charge in [0.05, 0.1) is 7.11 Å². The molecule has 0 spiro atoms. The van der Waals surface area contributed by atoms with Crippen LogP contribution >= 0.6 is 0 Å². The molecular weight excluding hydrogens is 316 g/mol. The van der Waals surface area contributed by atoms with Crippen LogP contribution in [0.2, 0.25) is 0 Å². The van der Waals surface area contributed by atoms with E-state index in [1.165, 1.54) is 0 Å². The van der Waals surface area contributed by atoms with Crippen molar-refractivity contribution in [1.82, 2.24) is 0 Å². The zero-order chi connectivity index (χ0) is 17.8. The molecule has 0 fully saturated rings. The Morgan fingerprint density at radius 2 is 1.76 bits per heavy atom. The van der Waals surface area contributed by atoms with E-state index in [1.54, 1.807) is 7.11 Å². The summed E-state index contributed by atoms with van der Waals surface area (Å²) in [6.07, 6.45) is 0.972. The standard InChI is InChI=1S/C21H20O4/c1-25-17-6-4-5-14(12-17)11-16-13-15(9-10-20(22)23)21(24)19-8-3-2-7-18(16)19/h2-8,12-13,24H,9-11H2,1H3,(H,22,23). The summed E-state index contributed by atoms with van der Waals surface area (Å²) < 4.78 is 5.28. The van der Waals surface area contributed by atoms with Gasteiger partial charge in [-0.15, -0.1) is 0 Å². The molecule has 0 aliphatic carbocycles. The Morgan fingerprint density at radius 3 is 2.48 bits per heavy atom. The van der Waals surface area contributed by atoms with Crippen LogP contribution in [-0.2, 0) is 17.6 Å². The molecule has 0 bridgehead atoms. The second-order valence-electron chi connectivity index (χ2n) is 6.01. The lowest BCUT2D eigenvalue weighted by Crippen LogP contribution is -2.00. The van der Waals surface area contributed by atoms with Crippen LogP contribution in [-0.4, -0.2) is 23.3 Å². The fourth-order valence-electron chi connectivity index (χ4n) is 3.08. The summed E-state index contributed by atoms with van der Waals surface area (Å²) in [6, 6.07) is 17.4. The van der Waals surface area contributed by atoms with E-state index in [4.69, 9.17) is 9.84 Å². The molecule has 128 valence electrons.